The zero-order valence-electron chi connectivity index (χ0n) is 22.9. The lowest BCUT2D eigenvalue weighted by atomic mass is 10.1. The normalized spacial score (nSPS) is 10.9. The van der Waals surface area contributed by atoms with Crippen molar-refractivity contribution in [3.63, 3.8) is 0 Å². The number of anilines is 2. The number of aryl methyl sites for hydroxylation is 4. The van der Waals surface area contributed by atoms with E-state index >= 15 is 0 Å². The van der Waals surface area contributed by atoms with Gasteiger partial charge in [0, 0.05) is 17.3 Å². The van der Waals surface area contributed by atoms with Crippen molar-refractivity contribution >= 4 is 23.4 Å². The van der Waals surface area contributed by atoms with Crippen LogP contribution in [-0.4, -0.2) is 39.2 Å². The Morgan fingerprint density at radius 3 is 2.16 bits per heavy atom. The molecule has 0 atom stereocenters. The van der Waals surface area contributed by atoms with Crippen molar-refractivity contribution in [2.24, 2.45) is 0 Å². The third kappa shape index (κ3) is 5.94. The monoisotopic (exact) mass is 509 g/mol. The molecule has 7 nitrogen and oxygen atoms in total. The van der Waals surface area contributed by atoms with Crippen molar-refractivity contribution < 1.29 is 9.59 Å². The minimum Gasteiger partial charge on any atom is -0.313 e. The van der Waals surface area contributed by atoms with Crippen LogP contribution >= 0.6 is 0 Å². The van der Waals surface area contributed by atoms with Gasteiger partial charge in [0.1, 0.15) is 12.4 Å². The number of rotatable bonds is 7. The molecule has 0 fully saturated rings. The summed E-state index contributed by atoms with van der Waals surface area (Å²) in [7, 11) is 0. The molecular formula is C31H35N5O2. The van der Waals surface area contributed by atoms with Crippen LogP contribution in [0, 0.1) is 27.7 Å². The van der Waals surface area contributed by atoms with Gasteiger partial charge in [0.15, 0.2) is 0 Å². The smallest absolute Gasteiger partial charge is 0.313 e. The average molecular weight is 510 g/mol. The van der Waals surface area contributed by atoms with E-state index < -0.39 is 0 Å². The first-order chi connectivity index (χ1) is 18.1. The summed E-state index contributed by atoms with van der Waals surface area (Å²) in [5.41, 5.74) is 7.37. The molecule has 0 radical (unpaired) electrons. The molecule has 2 N–H and O–H groups in total. The first-order valence-electron chi connectivity index (χ1n) is 12.8. The number of benzene rings is 3. The third-order valence-corrected chi connectivity index (χ3v) is 6.48. The second-order valence-electron chi connectivity index (χ2n) is 9.94. The van der Waals surface area contributed by atoms with Gasteiger partial charge in [-0.3, -0.25) is 4.79 Å². The quantitative estimate of drug-likeness (QED) is 0.293. The van der Waals surface area contributed by atoms with Crippen LogP contribution < -0.4 is 10.6 Å². The van der Waals surface area contributed by atoms with E-state index in [0.29, 0.717) is 5.82 Å². The molecule has 3 amide bonds. The minimum absolute atomic E-state index is 0.110. The maximum atomic E-state index is 13.5. The van der Waals surface area contributed by atoms with Crippen LogP contribution in [0.15, 0.2) is 72.8 Å². The standard InChI is InChI=1S/C31H35N5O2/c1-20(2)35(31(38)32-27-17-14-22(4)18-23(27)5)19-28(37)33-30-29(25-10-8-7-9-11-25)24(6)34-36(30)26-15-12-21(3)13-16-26/h7-18,20H,19H2,1-6H3,(H,32,38)(H,33,37). The average Bonchev–Trinajstić information content (AvgIpc) is 3.20. The summed E-state index contributed by atoms with van der Waals surface area (Å²) in [5, 5.41) is 10.8. The van der Waals surface area contributed by atoms with Gasteiger partial charge in [-0.05, 0) is 70.9 Å². The Hall–Kier alpha value is -4.39. The highest BCUT2D eigenvalue weighted by atomic mass is 16.2. The molecule has 0 saturated heterocycles. The summed E-state index contributed by atoms with van der Waals surface area (Å²) in [4.78, 5) is 28.2. The third-order valence-electron chi connectivity index (χ3n) is 6.48. The number of hydrogen-bond acceptors (Lipinski definition) is 3. The lowest BCUT2D eigenvalue weighted by Crippen LogP contribution is -2.44. The van der Waals surface area contributed by atoms with Crippen LogP contribution in [0.5, 0.6) is 0 Å². The fraction of sp³-hybridized carbons (Fsp3) is 0.258. The van der Waals surface area contributed by atoms with Gasteiger partial charge in [0.25, 0.3) is 0 Å². The van der Waals surface area contributed by atoms with Crippen molar-refractivity contribution in [1.82, 2.24) is 14.7 Å². The highest BCUT2D eigenvalue weighted by molar-refractivity contribution is 5.99. The molecule has 38 heavy (non-hydrogen) atoms. The fourth-order valence-electron chi connectivity index (χ4n) is 4.42. The molecule has 0 spiro atoms. The van der Waals surface area contributed by atoms with E-state index in [1.807, 2.05) is 114 Å². The SMILES string of the molecule is Cc1ccc(-n2nc(C)c(-c3ccccc3)c2NC(=O)CN(C(=O)Nc2ccc(C)cc2C)C(C)C)cc1. The van der Waals surface area contributed by atoms with Crippen molar-refractivity contribution in [3.8, 4) is 16.8 Å². The first-order valence-corrected chi connectivity index (χ1v) is 12.8. The van der Waals surface area contributed by atoms with E-state index in [0.717, 1.165) is 44.9 Å². The Bertz CT molecular complexity index is 1440. The summed E-state index contributed by atoms with van der Waals surface area (Å²) < 4.78 is 1.75. The second kappa shape index (κ2) is 11.3. The van der Waals surface area contributed by atoms with Crippen LogP contribution in [-0.2, 0) is 4.79 Å². The molecule has 1 heterocycles. The maximum absolute atomic E-state index is 13.5. The molecule has 4 rings (SSSR count). The van der Waals surface area contributed by atoms with Gasteiger partial charge >= 0.3 is 6.03 Å². The van der Waals surface area contributed by atoms with E-state index in [-0.39, 0.29) is 24.5 Å². The van der Waals surface area contributed by atoms with E-state index in [2.05, 4.69) is 10.6 Å². The molecule has 3 aromatic carbocycles. The number of aromatic nitrogens is 2. The Balaban J connectivity index is 1.63. The molecule has 0 saturated carbocycles. The first kappa shape index (κ1) is 26.7. The zero-order valence-corrected chi connectivity index (χ0v) is 22.9. The predicted octanol–water partition coefficient (Wildman–Crippen LogP) is 6.65. The minimum atomic E-state index is -0.325. The summed E-state index contributed by atoms with van der Waals surface area (Å²) in [5.74, 6) is 0.265. The maximum Gasteiger partial charge on any atom is 0.322 e. The lowest BCUT2D eigenvalue weighted by Gasteiger charge is -2.27. The Morgan fingerprint density at radius 2 is 1.53 bits per heavy atom. The van der Waals surface area contributed by atoms with Gasteiger partial charge in [-0.15, -0.1) is 0 Å². The largest absolute Gasteiger partial charge is 0.322 e. The number of carbonyl (C=O) groups excluding carboxylic acids is 2. The van der Waals surface area contributed by atoms with Crippen molar-refractivity contribution in [3.05, 3.63) is 95.2 Å². The molecule has 4 aromatic rings. The molecule has 0 aliphatic heterocycles. The number of urea groups is 1. The number of nitrogens with one attached hydrogen (secondary N) is 2. The number of hydrogen-bond donors (Lipinski definition) is 2. The Morgan fingerprint density at radius 1 is 0.868 bits per heavy atom. The van der Waals surface area contributed by atoms with E-state index in [1.54, 1.807) is 4.68 Å². The van der Waals surface area contributed by atoms with E-state index in [4.69, 9.17) is 5.10 Å². The number of carbonyl (C=O) groups is 2. The second-order valence-corrected chi connectivity index (χ2v) is 9.94. The summed E-state index contributed by atoms with van der Waals surface area (Å²) in [6.07, 6.45) is 0. The van der Waals surface area contributed by atoms with Crippen LogP contribution in [0.25, 0.3) is 16.8 Å². The van der Waals surface area contributed by atoms with Crippen LogP contribution in [0.2, 0.25) is 0 Å². The zero-order chi connectivity index (χ0) is 27.4. The summed E-state index contributed by atoms with van der Waals surface area (Å²) >= 11 is 0. The van der Waals surface area contributed by atoms with Gasteiger partial charge in [-0.25, -0.2) is 9.48 Å². The number of amides is 3. The Labute approximate surface area is 224 Å². The van der Waals surface area contributed by atoms with Gasteiger partial charge in [0.05, 0.1) is 11.4 Å². The van der Waals surface area contributed by atoms with Gasteiger partial charge in [0.2, 0.25) is 5.91 Å². The van der Waals surface area contributed by atoms with Crippen LogP contribution in [0.1, 0.15) is 36.2 Å². The lowest BCUT2D eigenvalue weighted by molar-refractivity contribution is -0.117. The molecule has 196 valence electrons. The fourth-order valence-corrected chi connectivity index (χ4v) is 4.42. The van der Waals surface area contributed by atoms with Crippen molar-refractivity contribution in [1.29, 1.82) is 0 Å². The highest BCUT2D eigenvalue weighted by Crippen LogP contribution is 2.33. The van der Waals surface area contributed by atoms with Gasteiger partial charge in [-0.1, -0.05) is 65.7 Å². The topological polar surface area (TPSA) is 79.3 Å². The Kier molecular flexibility index (Phi) is 7.96. The predicted molar refractivity (Wildman–Crippen MR) is 154 cm³/mol. The van der Waals surface area contributed by atoms with E-state index in [1.165, 1.54) is 4.90 Å². The summed E-state index contributed by atoms with van der Waals surface area (Å²) in [6.45, 7) is 11.6. The van der Waals surface area contributed by atoms with Gasteiger partial charge in [-0.2, -0.15) is 5.10 Å². The molecule has 0 bridgehead atoms. The molecule has 0 aliphatic rings. The highest BCUT2D eigenvalue weighted by Gasteiger charge is 2.24. The molecular weight excluding hydrogens is 474 g/mol. The number of nitrogens with zero attached hydrogens (tertiary/aromatic N) is 3. The summed E-state index contributed by atoms with van der Waals surface area (Å²) in [6, 6.07) is 23.2. The van der Waals surface area contributed by atoms with Crippen LogP contribution in [0.3, 0.4) is 0 Å². The molecule has 0 aliphatic carbocycles. The van der Waals surface area contributed by atoms with Gasteiger partial charge < -0.3 is 15.5 Å². The van der Waals surface area contributed by atoms with E-state index in [9.17, 15) is 9.59 Å². The van der Waals surface area contributed by atoms with Crippen molar-refractivity contribution in [2.75, 3.05) is 17.2 Å². The molecule has 0 unspecified atom stereocenters. The van der Waals surface area contributed by atoms with Crippen LogP contribution in [0.4, 0.5) is 16.3 Å². The van der Waals surface area contributed by atoms with Crippen molar-refractivity contribution in [2.45, 2.75) is 47.6 Å². The molecule has 1 aromatic heterocycles. The molecule has 7 heteroatoms.